The van der Waals surface area contributed by atoms with E-state index in [1.165, 1.54) is 0 Å². The molecular weight excluding hydrogens is 520 g/mol. The molecule has 1 aromatic heterocycles. The molecule has 0 spiro atoms. The largest absolute Gasteiger partial charge is 0.461 e. The zero-order valence-corrected chi connectivity index (χ0v) is 22.0. The van der Waals surface area contributed by atoms with Gasteiger partial charge in [-0.25, -0.2) is 4.79 Å². The molecule has 1 atom stereocenters. The van der Waals surface area contributed by atoms with Crippen LogP contribution in [0, 0.1) is 0 Å². The lowest BCUT2D eigenvalue weighted by molar-refractivity contribution is -0.145. The topological polar surface area (TPSA) is 112 Å². The Morgan fingerprint density at radius 3 is 2.15 bits per heavy atom. The van der Waals surface area contributed by atoms with Gasteiger partial charge in [-0.15, -0.1) is 5.10 Å². The van der Waals surface area contributed by atoms with Crippen molar-refractivity contribution in [1.82, 2.24) is 20.3 Å². The van der Waals surface area contributed by atoms with Crippen LogP contribution in [0.25, 0.3) is 22.2 Å². The van der Waals surface area contributed by atoms with Crippen LogP contribution in [-0.2, 0) is 20.9 Å². The van der Waals surface area contributed by atoms with Gasteiger partial charge < -0.3 is 14.8 Å². The second-order valence-corrected chi connectivity index (χ2v) is 9.70. The van der Waals surface area contributed by atoms with E-state index in [0.29, 0.717) is 11.0 Å². The van der Waals surface area contributed by atoms with Crippen molar-refractivity contribution in [1.29, 1.82) is 0 Å². The zero-order chi connectivity index (χ0) is 28.2. The van der Waals surface area contributed by atoms with Crippen molar-refractivity contribution in [2.75, 3.05) is 6.61 Å². The standard InChI is InChI=1S/C32H26N4O5/c37-30(40-19-21-10-2-1-3-11-21)18-28(31(38)36-29-17-9-8-16-27(29)34-35-36)33-32(39)41-20-26-24-14-6-4-12-22(24)23-13-5-7-15-25(23)26/h1-17,26,28H,18-20H2,(H,33,39)/t28-/m0/s1. The highest BCUT2D eigenvalue weighted by molar-refractivity contribution is 5.95. The fraction of sp³-hybridized carbons (Fsp3) is 0.156. The smallest absolute Gasteiger partial charge is 0.407 e. The Morgan fingerprint density at radius 2 is 1.41 bits per heavy atom. The molecule has 0 saturated carbocycles. The Morgan fingerprint density at radius 1 is 0.780 bits per heavy atom. The van der Waals surface area contributed by atoms with Gasteiger partial charge in [-0.1, -0.05) is 96.2 Å². The van der Waals surface area contributed by atoms with Gasteiger partial charge in [0.2, 0.25) is 0 Å². The summed E-state index contributed by atoms with van der Waals surface area (Å²) in [6.45, 7) is 0.100. The van der Waals surface area contributed by atoms with E-state index < -0.39 is 30.4 Å². The summed E-state index contributed by atoms with van der Waals surface area (Å²) in [6.07, 6.45) is -1.24. The van der Waals surface area contributed by atoms with Crippen molar-refractivity contribution < 1.29 is 23.9 Å². The van der Waals surface area contributed by atoms with E-state index >= 15 is 0 Å². The van der Waals surface area contributed by atoms with Crippen molar-refractivity contribution in [2.24, 2.45) is 0 Å². The van der Waals surface area contributed by atoms with E-state index in [4.69, 9.17) is 9.47 Å². The van der Waals surface area contributed by atoms with Crippen molar-refractivity contribution in [3.05, 3.63) is 120 Å². The van der Waals surface area contributed by atoms with Crippen molar-refractivity contribution in [3.8, 4) is 11.1 Å². The number of nitrogens with one attached hydrogen (secondary N) is 1. The molecule has 204 valence electrons. The van der Waals surface area contributed by atoms with Crippen LogP contribution in [0.2, 0.25) is 0 Å². The number of ether oxygens (including phenoxy) is 2. The first-order valence-electron chi connectivity index (χ1n) is 13.2. The second-order valence-electron chi connectivity index (χ2n) is 9.70. The summed E-state index contributed by atoms with van der Waals surface area (Å²) >= 11 is 0. The highest BCUT2D eigenvalue weighted by atomic mass is 16.5. The first kappa shape index (κ1) is 25.9. The lowest BCUT2D eigenvalue weighted by Gasteiger charge is -2.19. The molecule has 4 aromatic carbocycles. The number of hydrogen-bond acceptors (Lipinski definition) is 7. The maximum Gasteiger partial charge on any atom is 0.407 e. The molecule has 9 nitrogen and oxygen atoms in total. The first-order chi connectivity index (χ1) is 20.1. The number of amides is 1. The van der Waals surface area contributed by atoms with Crippen LogP contribution in [0.3, 0.4) is 0 Å². The summed E-state index contributed by atoms with van der Waals surface area (Å²) in [5, 5.41) is 10.5. The Hall–Kier alpha value is -5.31. The number of benzene rings is 4. The van der Waals surface area contributed by atoms with Gasteiger partial charge in [0, 0.05) is 5.92 Å². The van der Waals surface area contributed by atoms with E-state index in [1.54, 1.807) is 24.3 Å². The fourth-order valence-electron chi connectivity index (χ4n) is 5.13. The van der Waals surface area contributed by atoms with E-state index in [-0.39, 0.29) is 19.1 Å². The molecule has 9 heteroatoms. The monoisotopic (exact) mass is 546 g/mol. The third-order valence-electron chi connectivity index (χ3n) is 7.11. The highest BCUT2D eigenvalue weighted by Crippen LogP contribution is 2.44. The van der Waals surface area contributed by atoms with Gasteiger partial charge in [0.15, 0.2) is 0 Å². The molecule has 0 bridgehead atoms. The van der Waals surface area contributed by atoms with Crippen LogP contribution in [0.15, 0.2) is 103 Å². The molecule has 1 N–H and O–H groups in total. The Labute approximate surface area is 235 Å². The number of hydrogen-bond donors (Lipinski definition) is 1. The number of aromatic nitrogens is 3. The maximum absolute atomic E-state index is 13.5. The Kier molecular flexibility index (Phi) is 7.23. The molecule has 0 fully saturated rings. The molecule has 41 heavy (non-hydrogen) atoms. The summed E-state index contributed by atoms with van der Waals surface area (Å²) in [5.74, 6) is -1.45. The highest BCUT2D eigenvalue weighted by Gasteiger charge is 2.31. The molecular formula is C32H26N4O5. The van der Waals surface area contributed by atoms with Gasteiger partial charge in [0.1, 0.15) is 24.8 Å². The maximum atomic E-state index is 13.5. The molecule has 1 aliphatic carbocycles. The molecule has 5 aromatic rings. The van der Waals surface area contributed by atoms with Gasteiger partial charge in [0.25, 0.3) is 5.91 Å². The number of fused-ring (bicyclic) bond motifs is 4. The number of nitrogens with zero attached hydrogens (tertiary/aromatic N) is 3. The van der Waals surface area contributed by atoms with Crippen LogP contribution < -0.4 is 5.32 Å². The molecule has 1 aliphatic rings. The SMILES string of the molecule is O=C(C[C@H](NC(=O)OCC1c2ccccc2-c2ccccc21)C(=O)n1nnc2ccccc21)OCc1ccccc1. The average molecular weight is 547 g/mol. The van der Waals surface area contributed by atoms with Crippen molar-refractivity contribution >= 4 is 29.0 Å². The number of carbonyl (C=O) groups is 3. The van der Waals surface area contributed by atoms with Gasteiger partial charge in [-0.2, -0.15) is 4.68 Å². The van der Waals surface area contributed by atoms with Crippen LogP contribution in [-0.4, -0.2) is 45.6 Å². The minimum atomic E-state index is -1.29. The van der Waals surface area contributed by atoms with Crippen LogP contribution >= 0.6 is 0 Å². The van der Waals surface area contributed by atoms with Crippen LogP contribution in [0.5, 0.6) is 0 Å². The quantitative estimate of drug-likeness (QED) is 0.269. The third-order valence-corrected chi connectivity index (χ3v) is 7.11. The van der Waals surface area contributed by atoms with Crippen molar-refractivity contribution in [3.63, 3.8) is 0 Å². The number of para-hydroxylation sites is 1. The lowest BCUT2D eigenvalue weighted by atomic mass is 9.98. The van der Waals surface area contributed by atoms with E-state index in [1.807, 2.05) is 78.9 Å². The minimum Gasteiger partial charge on any atom is -0.461 e. The summed E-state index contributed by atoms with van der Waals surface area (Å²) in [4.78, 5) is 39.4. The van der Waals surface area contributed by atoms with E-state index in [9.17, 15) is 14.4 Å². The van der Waals surface area contributed by atoms with Gasteiger partial charge in [0.05, 0.1) is 11.9 Å². The number of rotatable bonds is 8. The van der Waals surface area contributed by atoms with Crippen molar-refractivity contribution in [2.45, 2.75) is 25.0 Å². The van der Waals surface area contributed by atoms with Crippen LogP contribution in [0.4, 0.5) is 4.79 Å². The molecule has 0 unspecified atom stereocenters. The Balaban J connectivity index is 1.18. The Bertz CT molecular complexity index is 1690. The average Bonchev–Trinajstić information content (AvgIpc) is 3.58. The van der Waals surface area contributed by atoms with Gasteiger partial charge >= 0.3 is 12.1 Å². The minimum absolute atomic E-state index is 0.0395. The van der Waals surface area contributed by atoms with E-state index in [0.717, 1.165) is 32.5 Å². The summed E-state index contributed by atoms with van der Waals surface area (Å²) < 4.78 is 12.1. The second kappa shape index (κ2) is 11.4. The van der Waals surface area contributed by atoms with Crippen LogP contribution in [0.1, 0.15) is 33.8 Å². The van der Waals surface area contributed by atoms with Gasteiger partial charge in [-0.3, -0.25) is 9.59 Å². The number of alkyl carbamates (subject to hydrolysis) is 1. The molecule has 1 heterocycles. The summed E-state index contributed by atoms with van der Waals surface area (Å²) in [5.41, 5.74) is 6.09. The number of carbonyl (C=O) groups excluding carboxylic acids is 3. The fourth-order valence-corrected chi connectivity index (χ4v) is 5.13. The molecule has 0 aliphatic heterocycles. The van der Waals surface area contributed by atoms with Gasteiger partial charge in [-0.05, 0) is 39.9 Å². The predicted octanol–water partition coefficient (Wildman–Crippen LogP) is 5.11. The summed E-state index contributed by atoms with van der Waals surface area (Å²) in [6, 6.07) is 30.8. The molecule has 6 rings (SSSR count). The summed E-state index contributed by atoms with van der Waals surface area (Å²) in [7, 11) is 0. The number of esters is 1. The zero-order valence-electron chi connectivity index (χ0n) is 22.0. The third kappa shape index (κ3) is 5.42. The first-order valence-corrected chi connectivity index (χ1v) is 13.2. The van der Waals surface area contributed by atoms with E-state index in [2.05, 4.69) is 15.6 Å². The normalized spacial score (nSPS) is 12.8. The molecule has 0 radical (unpaired) electrons. The molecule has 1 amide bonds. The molecule has 0 saturated heterocycles. The predicted molar refractivity (Wildman–Crippen MR) is 151 cm³/mol. The lowest BCUT2D eigenvalue weighted by Crippen LogP contribution is -2.45.